The first-order chi connectivity index (χ1) is 7.78. The Morgan fingerprint density at radius 1 is 1.47 bits per heavy atom. The van der Waals surface area contributed by atoms with Crippen LogP contribution in [0.15, 0.2) is 16.7 Å². The maximum atomic E-state index is 11.7. The van der Waals surface area contributed by atoms with Crippen molar-refractivity contribution < 1.29 is 4.79 Å². The van der Waals surface area contributed by atoms with Gasteiger partial charge in [-0.05, 0) is 55.3 Å². The second kappa shape index (κ2) is 5.60. The van der Waals surface area contributed by atoms with Crippen LogP contribution < -0.4 is 10.6 Å². The first kappa shape index (κ1) is 14.1. The molecular weight excluding hydrogens is 282 g/mol. The van der Waals surface area contributed by atoms with E-state index < -0.39 is 0 Å². The highest BCUT2D eigenvalue weighted by Crippen LogP contribution is 2.16. The van der Waals surface area contributed by atoms with E-state index in [1.54, 1.807) is 6.20 Å². The average Bonchev–Trinajstić information content (AvgIpc) is 2.18. The lowest BCUT2D eigenvalue weighted by Crippen LogP contribution is -2.41. The van der Waals surface area contributed by atoms with E-state index >= 15 is 0 Å². The van der Waals surface area contributed by atoms with Crippen molar-refractivity contribution in [3.63, 3.8) is 0 Å². The average molecular weight is 300 g/mol. The molecule has 0 spiro atoms. The molecule has 0 aliphatic heterocycles. The van der Waals surface area contributed by atoms with Gasteiger partial charge in [-0.3, -0.25) is 4.79 Å². The molecule has 0 bridgehead atoms. The topological polar surface area (TPSA) is 54.0 Å². The third-order valence-electron chi connectivity index (χ3n) is 2.08. The van der Waals surface area contributed by atoms with Gasteiger partial charge in [-0.15, -0.1) is 0 Å². The standard InChI is InChI=1S/C12H18BrN3O/c1-8-5-9(13)6-14-11(8)16-10(17)7-15-12(2,3)4/h5-6,15H,7H2,1-4H3,(H,14,16,17). The number of nitrogens with zero attached hydrogens (tertiary/aromatic N) is 1. The van der Waals surface area contributed by atoms with Gasteiger partial charge < -0.3 is 10.6 Å². The van der Waals surface area contributed by atoms with Crippen molar-refractivity contribution in [1.82, 2.24) is 10.3 Å². The maximum absolute atomic E-state index is 11.7. The zero-order chi connectivity index (χ0) is 13.1. The van der Waals surface area contributed by atoms with E-state index in [0.717, 1.165) is 10.0 Å². The van der Waals surface area contributed by atoms with Gasteiger partial charge in [0.25, 0.3) is 0 Å². The lowest BCUT2D eigenvalue weighted by molar-refractivity contribution is -0.115. The van der Waals surface area contributed by atoms with Crippen molar-refractivity contribution in [3.8, 4) is 0 Å². The minimum atomic E-state index is -0.0853. The molecule has 4 nitrogen and oxygen atoms in total. The van der Waals surface area contributed by atoms with Crippen LogP contribution in [-0.2, 0) is 4.79 Å². The summed E-state index contributed by atoms with van der Waals surface area (Å²) in [6, 6.07) is 1.92. The molecule has 1 rings (SSSR count). The van der Waals surface area contributed by atoms with E-state index in [1.165, 1.54) is 0 Å². The van der Waals surface area contributed by atoms with Crippen LogP contribution in [-0.4, -0.2) is 23.0 Å². The number of aromatic nitrogens is 1. The Morgan fingerprint density at radius 3 is 2.65 bits per heavy atom. The summed E-state index contributed by atoms with van der Waals surface area (Å²) in [5, 5.41) is 5.90. The van der Waals surface area contributed by atoms with Crippen molar-refractivity contribution in [2.45, 2.75) is 33.2 Å². The lowest BCUT2D eigenvalue weighted by atomic mass is 10.1. The number of halogens is 1. The SMILES string of the molecule is Cc1cc(Br)cnc1NC(=O)CNC(C)(C)C. The number of nitrogens with one attached hydrogen (secondary N) is 2. The lowest BCUT2D eigenvalue weighted by Gasteiger charge is -2.20. The molecule has 17 heavy (non-hydrogen) atoms. The van der Waals surface area contributed by atoms with Crippen molar-refractivity contribution in [3.05, 3.63) is 22.3 Å². The molecule has 0 aromatic carbocycles. The first-order valence-corrected chi connectivity index (χ1v) is 6.24. The van der Waals surface area contributed by atoms with Crippen LogP contribution >= 0.6 is 15.9 Å². The Morgan fingerprint density at radius 2 is 2.12 bits per heavy atom. The van der Waals surface area contributed by atoms with Gasteiger partial charge in [-0.2, -0.15) is 0 Å². The molecule has 94 valence electrons. The highest BCUT2D eigenvalue weighted by molar-refractivity contribution is 9.10. The van der Waals surface area contributed by atoms with Crippen LogP contribution in [0.25, 0.3) is 0 Å². The summed E-state index contributed by atoms with van der Waals surface area (Å²) in [5.41, 5.74) is 0.864. The molecule has 1 aromatic heterocycles. The largest absolute Gasteiger partial charge is 0.309 e. The molecule has 0 radical (unpaired) electrons. The van der Waals surface area contributed by atoms with Gasteiger partial charge in [0.15, 0.2) is 0 Å². The fraction of sp³-hybridized carbons (Fsp3) is 0.500. The fourth-order valence-corrected chi connectivity index (χ4v) is 1.64. The Kier molecular flexibility index (Phi) is 4.65. The third kappa shape index (κ3) is 5.28. The summed E-state index contributed by atoms with van der Waals surface area (Å²) in [7, 11) is 0. The summed E-state index contributed by atoms with van der Waals surface area (Å²) >= 11 is 3.33. The molecular formula is C12H18BrN3O. The van der Waals surface area contributed by atoms with Crippen molar-refractivity contribution in [2.75, 3.05) is 11.9 Å². The number of hydrogen-bond donors (Lipinski definition) is 2. The zero-order valence-corrected chi connectivity index (χ0v) is 12.2. The predicted molar refractivity (Wildman–Crippen MR) is 73.1 cm³/mol. The number of pyridine rings is 1. The summed E-state index contributed by atoms with van der Waals surface area (Å²) in [4.78, 5) is 15.8. The van der Waals surface area contributed by atoms with Crippen LogP contribution in [0.2, 0.25) is 0 Å². The number of aryl methyl sites for hydroxylation is 1. The van der Waals surface area contributed by atoms with Crippen molar-refractivity contribution in [2.24, 2.45) is 0 Å². The van der Waals surface area contributed by atoms with E-state index in [0.29, 0.717) is 5.82 Å². The zero-order valence-electron chi connectivity index (χ0n) is 10.6. The summed E-state index contributed by atoms with van der Waals surface area (Å²) in [5.74, 6) is 0.520. The number of amides is 1. The molecule has 1 heterocycles. The maximum Gasteiger partial charge on any atom is 0.239 e. The second-order valence-corrected chi connectivity index (χ2v) is 5.89. The molecule has 1 amide bonds. The van der Waals surface area contributed by atoms with E-state index in [2.05, 4.69) is 31.5 Å². The van der Waals surface area contributed by atoms with Crippen LogP contribution in [0.5, 0.6) is 0 Å². The highest BCUT2D eigenvalue weighted by atomic mass is 79.9. The minimum Gasteiger partial charge on any atom is -0.309 e. The number of hydrogen-bond acceptors (Lipinski definition) is 3. The van der Waals surface area contributed by atoms with Gasteiger partial charge in [0.2, 0.25) is 5.91 Å². The predicted octanol–water partition coefficient (Wildman–Crippen LogP) is 2.48. The van der Waals surface area contributed by atoms with Gasteiger partial charge >= 0.3 is 0 Å². The van der Waals surface area contributed by atoms with Crippen molar-refractivity contribution >= 4 is 27.7 Å². The Hall–Kier alpha value is -0.940. The van der Waals surface area contributed by atoms with E-state index in [4.69, 9.17) is 0 Å². The number of anilines is 1. The van der Waals surface area contributed by atoms with Gasteiger partial charge in [-0.25, -0.2) is 4.98 Å². The van der Waals surface area contributed by atoms with E-state index in [1.807, 2.05) is 33.8 Å². The molecule has 0 fully saturated rings. The molecule has 5 heteroatoms. The molecule has 0 saturated carbocycles. The second-order valence-electron chi connectivity index (χ2n) is 4.97. The quantitative estimate of drug-likeness (QED) is 0.901. The Balaban J connectivity index is 2.57. The van der Waals surface area contributed by atoms with Gasteiger partial charge in [0.05, 0.1) is 6.54 Å². The number of carbonyl (C=O) groups is 1. The molecule has 1 aromatic rings. The smallest absolute Gasteiger partial charge is 0.239 e. The Labute approximate surface area is 110 Å². The van der Waals surface area contributed by atoms with Crippen LogP contribution in [0.3, 0.4) is 0 Å². The monoisotopic (exact) mass is 299 g/mol. The number of carbonyl (C=O) groups excluding carboxylic acids is 1. The Bertz CT molecular complexity index is 413. The third-order valence-corrected chi connectivity index (χ3v) is 2.52. The normalized spacial score (nSPS) is 11.4. The van der Waals surface area contributed by atoms with Crippen LogP contribution in [0, 0.1) is 6.92 Å². The van der Waals surface area contributed by atoms with E-state index in [-0.39, 0.29) is 18.0 Å². The molecule has 2 N–H and O–H groups in total. The van der Waals surface area contributed by atoms with Crippen LogP contribution in [0.4, 0.5) is 5.82 Å². The summed E-state index contributed by atoms with van der Waals surface area (Å²) in [6.07, 6.45) is 1.67. The summed E-state index contributed by atoms with van der Waals surface area (Å²) < 4.78 is 0.904. The molecule has 0 unspecified atom stereocenters. The van der Waals surface area contributed by atoms with E-state index in [9.17, 15) is 4.79 Å². The minimum absolute atomic E-state index is 0.0699. The van der Waals surface area contributed by atoms with Crippen LogP contribution in [0.1, 0.15) is 26.3 Å². The van der Waals surface area contributed by atoms with Gasteiger partial charge in [0, 0.05) is 16.2 Å². The van der Waals surface area contributed by atoms with Gasteiger partial charge in [-0.1, -0.05) is 0 Å². The first-order valence-electron chi connectivity index (χ1n) is 5.45. The fourth-order valence-electron chi connectivity index (χ4n) is 1.19. The summed E-state index contributed by atoms with van der Waals surface area (Å²) in [6.45, 7) is 8.24. The highest BCUT2D eigenvalue weighted by Gasteiger charge is 2.12. The molecule has 0 atom stereocenters. The molecule has 0 aliphatic rings. The molecule has 0 saturated heterocycles. The van der Waals surface area contributed by atoms with Gasteiger partial charge in [0.1, 0.15) is 5.82 Å². The van der Waals surface area contributed by atoms with Crippen molar-refractivity contribution in [1.29, 1.82) is 0 Å². The number of rotatable bonds is 3. The molecule has 0 aliphatic carbocycles.